The van der Waals surface area contributed by atoms with Crippen molar-refractivity contribution in [3.05, 3.63) is 40.3 Å². The maximum absolute atomic E-state index is 8.71. The Morgan fingerprint density at radius 1 is 1.31 bits per heavy atom. The smallest absolute Gasteiger partial charge is 0.424 e. The van der Waals surface area contributed by atoms with E-state index in [4.69, 9.17) is 10.0 Å². The van der Waals surface area contributed by atoms with Gasteiger partial charge in [-0.3, -0.25) is 0 Å². The first-order chi connectivity index (χ1) is 6.09. The fraction of sp³-hybridized carbons (Fsp3) is 0.111. The quantitative estimate of drug-likeness (QED) is 0.775. The van der Waals surface area contributed by atoms with Crippen LogP contribution in [0.3, 0.4) is 0 Å². The standard InChI is InChI=1S/C9H10BBrO2/c1-7(6-10(12)13)8-2-4-9(11)5-3-8/h2-6,12-13H,1H3. The molecule has 1 aromatic rings. The highest BCUT2D eigenvalue weighted by molar-refractivity contribution is 9.10. The lowest BCUT2D eigenvalue weighted by molar-refractivity contribution is 0.424. The van der Waals surface area contributed by atoms with E-state index < -0.39 is 7.12 Å². The highest BCUT2D eigenvalue weighted by Crippen LogP contribution is 2.17. The second kappa shape index (κ2) is 4.60. The molecule has 1 rings (SSSR count). The fourth-order valence-electron chi connectivity index (χ4n) is 1.03. The summed E-state index contributed by atoms with van der Waals surface area (Å²) in [4.78, 5) is 0. The summed E-state index contributed by atoms with van der Waals surface area (Å²) in [5, 5.41) is 17.4. The third kappa shape index (κ3) is 3.34. The molecule has 0 aliphatic carbocycles. The highest BCUT2D eigenvalue weighted by atomic mass is 79.9. The van der Waals surface area contributed by atoms with E-state index in [-0.39, 0.29) is 0 Å². The second-order valence-electron chi connectivity index (χ2n) is 2.77. The first-order valence-electron chi connectivity index (χ1n) is 3.90. The molecule has 0 aliphatic heterocycles. The van der Waals surface area contributed by atoms with Gasteiger partial charge in [-0.15, -0.1) is 0 Å². The van der Waals surface area contributed by atoms with E-state index in [1.807, 2.05) is 31.2 Å². The van der Waals surface area contributed by atoms with Crippen molar-refractivity contribution >= 4 is 28.6 Å². The van der Waals surface area contributed by atoms with E-state index in [2.05, 4.69) is 15.9 Å². The molecule has 0 atom stereocenters. The van der Waals surface area contributed by atoms with Crippen LogP contribution in [0.2, 0.25) is 0 Å². The summed E-state index contributed by atoms with van der Waals surface area (Å²) in [6.45, 7) is 1.84. The van der Waals surface area contributed by atoms with E-state index in [0.29, 0.717) is 0 Å². The summed E-state index contributed by atoms with van der Waals surface area (Å²) < 4.78 is 1.01. The molecule has 0 saturated carbocycles. The van der Waals surface area contributed by atoms with Gasteiger partial charge in [-0.05, 0) is 24.6 Å². The number of allylic oxidation sites excluding steroid dienone is 1. The minimum atomic E-state index is -1.39. The van der Waals surface area contributed by atoms with Gasteiger partial charge in [0.2, 0.25) is 0 Å². The van der Waals surface area contributed by atoms with Gasteiger partial charge in [-0.2, -0.15) is 0 Å². The molecule has 0 amide bonds. The Morgan fingerprint density at radius 3 is 2.31 bits per heavy atom. The van der Waals surface area contributed by atoms with Crippen molar-refractivity contribution in [2.24, 2.45) is 0 Å². The molecule has 0 spiro atoms. The van der Waals surface area contributed by atoms with E-state index in [1.54, 1.807) is 0 Å². The molecular formula is C9H10BBrO2. The number of rotatable bonds is 2. The first kappa shape index (κ1) is 10.5. The van der Waals surface area contributed by atoms with Gasteiger partial charge in [0.25, 0.3) is 0 Å². The van der Waals surface area contributed by atoms with E-state index in [1.165, 1.54) is 5.98 Å². The Morgan fingerprint density at radius 2 is 1.85 bits per heavy atom. The van der Waals surface area contributed by atoms with E-state index >= 15 is 0 Å². The van der Waals surface area contributed by atoms with Crippen LogP contribution < -0.4 is 0 Å². The van der Waals surface area contributed by atoms with Crippen LogP contribution >= 0.6 is 15.9 Å². The highest BCUT2D eigenvalue weighted by Gasteiger charge is 2.03. The lowest BCUT2D eigenvalue weighted by Crippen LogP contribution is -2.06. The molecule has 0 aromatic heterocycles. The van der Waals surface area contributed by atoms with Crippen LogP contribution in [0.1, 0.15) is 12.5 Å². The summed E-state index contributed by atoms with van der Waals surface area (Å²) in [7, 11) is -1.39. The van der Waals surface area contributed by atoms with Gasteiger partial charge in [-0.25, -0.2) is 0 Å². The normalized spacial score (nSPS) is 11.5. The van der Waals surface area contributed by atoms with Crippen molar-refractivity contribution in [2.45, 2.75) is 6.92 Å². The Hall–Kier alpha value is -0.575. The average Bonchev–Trinajstić information content (AvgIpc) is 2.04. The SMILES string of the molecule is CC(=CB(O)O)c1ccc(Br)cc1. The lowest BCUT2D eigenvalue weighted by atomic mass is 9.87. The molecule has 2 N–H and O–H groups in total. The zero-order valence-electron chi connectivity index (χ0n) is 7.24. The summed E-state index contributed by atoms with van der Waals surface area (Å²) in [6, 6.07) is 7.66. The maximum Gasteiger partial charge on any atom is 0.480 e. The lowest BCUT2D eigenvalue weighted by Gasteiger charge is -2.01. The number of hydrogen-bond acceptors (Lipinski definition) is 2. The Balaban J connectivity index is 2.89. The summed E-state index contributed by atoms with van der Waals surface area (Å²) in [6.07, 6.45) is 0. The predicted octanol–water partition coefficient (Wildman–Crippen LogP) is 1.86. The van der Waals surface area contributed by atoms with Crippen molar-refractivity contribution < 1.29 is 10.0 Å². The third-order valence-corrected chi connectivity index (χ3v) is 2.23. The largest absolute Gasteiger partial charge is 0.480 e. The van der Waals surface area contributed by atoms with Crippen molar-refractivity contribution in [1.29, 1.82) is 0 Å². The number of halogens is 1. The fourth-order valence-corrected chi connectivity index (χ4v) is 1.30. The molecule has 0 fully saturated rings. The van der Waals surface area contributed by atoms with Crippen LogP contribution in [0.25, 0.3) is 5.57 Å². The molecule has 0 saturated heterocycles. The number of benzene rings is 1. The monoisotopic (exact) mass is 240 g/mol. The molecule has 0 radical (unpaired) electrons. The van der Waals surface area contributed by atoms with Gasteiger partial charge in [-0.1, -0.05) is 39.6 Å². The number of hydrogen-bond donors (Lipinski definition) is 2. The molecule has 68 valence electrons. The summed E-state index contributed by atoms with van der Waals surface area (Å²) >= 11 is 3.33. The van der Waals surface area contributed by atoms with Gasteiger partial charge in [0.05, 0.1) is 0 Å². The van der Waals surface area contributed by atoms with Gasteiger partial charge < -0.3 is 10.0 Å². The van der Waals surface area contributed by atoms with Crippen molar-refractivity contribution in [1.82, 2.24) is 0 Å². The molecule has 2 nitrogen and oxygen atoms in total. The minimum absolute atomic E-state index is 0.850. The summed E-state index contributed by atoms with van der Waals surface area (Å²) in [5.74, 6) is 1.39. The molecule has 0 unspecified atom stereocenters. The van der Waals surface area contributed by atoms with Gasteiger partial charge in [0.15, 0.2) is 0 Å². The molecule has 1 aromatic carbocycles. The van der Waals surface area contributed by atoms with Crippen LogP contribution in [0.4, 0.5) is 0 Å². The molecule has 13 heavy (non-hydrogen) atoms. The van der Waals surface area contributed by atoms with E-state index in [9.17, 15) is 0 Å². The van der Waals surface area contributed by atoms with Gasteiger partial charge in [0, 0.05) is 4.47 Å². The van der Waals surface area contributed by atoms with Crippen LogP contribution in [0, 0.1) is 0 Å². The Bertz CT molecular complexity index is 306. The zero-order chi connectivity index (χ0) is 9.84. The summed E-state index contributed by atoms with van der Waals surface area (Å²) in [5.41, 5.74) is 1.83. The molecule has 0 aliphatic rings. The Labute approximate surface area is 86.2 Å². The maximum atomic E-state index is 8.71. The second-order valence-corrected chi connectivity index (χ2v) is 3.69. The predicted molar refractivity (Wildman–Crippen MR) is 58.0 cm³/mol. The third-order valence-electron chi connectivity index (χ3n) is 1.70. The van der Waals surface area contributed by atoms with Crippen LogP contribution in [0.5, 0.6) is 0 Å². The zero-order valence-corrected chi connectivity index (χ0v) is 8.82. The van der Waals surface area contributed by atoms with Crippen LogP contribution in [-0.2, 0) is 0 Å². The van der Waals surface area contributed by atoms with Crippen molar-refractivity contribution in [2.75, 3.05) is 0 Å². The molecule has 0 bridgehead atoms. The van der Waals surface area contributed by atoms with E-state index in [0.717, 1.165) is 15.6 Å². The molecular weight excluding hydrogens is 231 g/mol. The minimum Gasteiger partial charge on any atom is -0.424 e. The van der Waals surface area contributed by atoms with Gasteiger partial charge >= 0.3 is 7.12 Å². The van der Waals surface area contributed by atoms with Gasteiger partial charge in [0.1, 0.15) is 0 Å². The van der Waals surface area contributed by atoms with Crippen molar-refractivity contribution in [3.63, 3.8) is 0 Å². The first-order valence-corrected chi connectivity index (χ1v) is 4.69. The molecule has 4 heteroatoms. The van der Waals surface area contributed by atoms with Crippen LogP contribution in [0.15, 0.2) is 34.7 Å². The van der Waals surface area contributed by atoms with Crippen molar-refractivity contribution in [3.8, 4) is 0 Å². The Kier molecular flexibility index (Phi) is 3.72. The van der Waals surface area contributed by atoms with Crippen LogP contribution in [-0.4, -0.2) is 17.2 Å². The molecule has 0 heterocycles. The topological polar surface area (TPSA) is 40.5 Å². The average molecular weight is 241 g/mol.